The SMILES string of the molecule is Cc1ccc([C@@H](C)NC(=O)c2ccc(S(=O)(=O)N3CCOCC3)cc2)cc1C. The second-order valence-electron chi connectivity index (χ2n) is 7.08. The molecule has 28 heavy (non-hydrogen) atoms. The van der Waals surface area contributed by atoms with Crippen LogP contribution in [0.25, 0.3) is 0 Å². The molecular formula is C21H26N2O4S. The van der Waals surface area contributed by atoms with Gasteiger partial charge in [-0.15, -0.1) is 0 Å². The van der Waals surface area contributed by atoms with Crippen molar-refractivity contribution >= 4 is 15.9 Å². The lowest BCUT2D eigenvalue weighted by Gasteiger charge is -2.26. The minimum absolute atomic E-state index is 0.149. The number of nitrogens with zero attached hydrogens (tertiary/aromatic N) is 1. The fourth-order valence-electron chi connectivity index (χ4n) is 3.11. The average molecular weight is 403 g/mol. The van der Waals surface area contributed by atoms with Gasteiger partial charge in [-0.1, -0.05) is 18.2 Å². The minimum atomic E-state index is -3.56. The van der Waals surface area contributed by atoms with Crippen LogP contribution >= 0.6 is 0 Å². The summed E-state index contributed by atoms with van der Waals surface area (Å²) >= 11 is 0. The summed E-state index contributed by atoms with van der Waals surface area (Å²) < 4.78 is 31.9. The number of hydrogen-bond acceptors (Lipinski definition) is 4. The standard InChI is InChI=1S/C21H26N2O4S/c1-15-4-5-19(14-16(15)2)17(3)22-21(24)18-6-8-20(9-7-18)28(25,26)23-10-12-27-13-11-23/h4-9,14,17H,10-13H2,1-3H3,(H,22,24)/t17-/m1/s1. The maximum atomic E-state index is 12.7. The van der Waals surface area contributed by atoms with E-state index < -0.39 is 10.0 Å². The van der Waals surface area contributed by atoms with Crippen LogP contribution < -0.4 is 5.32 Å². The highest BCUT2D eigenvalue weighted by atomic mass is 32.2. The number of benzene rings is 2. The number of sulfonamides is 1. The Morgan fingerprint density at radius 2 is 1.68 bits per heavy atom. The molecule has 7 heteroatoms. The molecule has 2 aromatic rings. The summed E-state index contributed by atoms with van der Waals surface area (Å²) in [5.41, 5.74) is 3.84. The molecule has 0 spiro atoms. The van der Waals surface area contributed by atoms with Crippen molar-refractivity contribution in [1.82, 2.24) is 9.62 Å². The van der Waals surface area contributed by atoms with Gasteiger partial charge in [0.25, 0.3) is 5.91 Å². The highest BCUT2D eigenvalue weighted by Gasteiger charge is 2.26. The first-order valence-electron chi connectivity index (χ1n) is 9.35. The quantitative estimate of drug-likeness (QED) is 0.834. The van der Waals surface area contributed by atoms with Crippen LogP contribution in [0.1, 0.15) is 40.0 Å². The van der Waals surface area contributed by atoms with E-state index in [0.717, 1.165) is 5.56 Å². The van der Waals surface area contributed by atoms with Crippen molar-refractivity contribution in [3.8, 4) is 0 Å². The number of nitrogens with one attached hydrogen (secondary N) is 1. The zero-order valence-electron chi connectivity index (χ0n) is 16.4. The van der Waals surface area contributed by atoms with E-state index in [1.807, 2.05) is 26.0 Å². The Morgan fingerprint density at radius 1 is 1.04 bits per heavy atom. The number of rotatable bonds is 5. The molecule has 3 rings (SSSR count). The number of carbonyl (C=O) groups excluding carboxylic acids is 1. The summed E-state index contributed by atoms with van der Waals surface area (Å²) in [5.74, 6) is -0.235. The van der Waals surface area contributed by atoms with Crippen LogP contribution in [0.3, 0.4) is 0 Å². The number of carbonyl (C=O) groups is 1. The summed E-state index contributed by atoms with van der Waals surface area (Å²) in [6.07, 6.45) is 0. The molecule has 1 N–H and O–H groups in total. The molecule has 1 heterocycles. The third-order valence-corrected chi connectivity index (χ3v) is 7.02. The van der Waals surface area contributed by atoms with E-state index in [4.69, 9.17) is 4.74 Å². The van der Waals surface area contributed by atoms with Gasteiger partial charge < -0.3 is 10.1 Å². The van der Waals surface area contributed by atoms with Crippen LogP contribution in [0, 0.1) is 13.8 Å². The topological polar surface area (TPSA) is 75.7 Å². The summed E-state index contributed by atoms with van der Waals surface area (Å²) in [7, 11) is -3.56. The van der Waals surface area contributed by atoms with Crippen LogP contribution in [-0.4, -0.2) is 44.9 Å². The van der Waals surface area contributed by atoms with Gasteiger partial charge in [0.1, 0.15) is 0 Å². The molecule has 0 radical (unpaired) electrons. The smallest absolute Gasteiger partial charge is 0.251 e. The monoisotopic (exact) mass is 402 g/mol. The second-order valence-corrected chi connectivity index (χ2v) is 9.02. The summed E-state index contributed by atoms with van der Waals surface area (Å²) in [5, 5.41) is 2.97. The maximum Gasteiger partial charge on any atom is 0.251 e. The van der Waals surface area contributed by atoms with Crippen LogP contribution in [-0.2, 0) is 14.8 Å². The summed E-state index contributed by atoms with van der Waals surface area (Å²) in [6, 6.07) is 12.0. The van der Waals surface area contributed by atoms with Gasteiger partial charge in [0, 0.05) is 18.7 Å². The van der Waals surface area contributed by atoms with Crippen molar-refractivity contribution in [2.75, 3.05) is 26.3 Å². The van der Waals surface area contributed by atoms with Gasteiger partial charge in [-0.3, -0.25) is 4.79 Å². The molecule has 0 bridgehead atoms. The first kappa shape index (κ1) is 20.5. The third-order valence-electron chi connectivity index (χ3n) is 5.10. The number of aryl methyl sites for hydroxylation is 2. The summed E-state index contributed by atoms with van der Waals surface area (Å²) in [6.45, 7) is 7.51. The predicted molar refractivity (Wildman–Crippen MR) is 108 cm³/mol. The lowest BCUT2D eigenvalue weighted by Crippen LogP contribution is -2.40. The van der Waals surface area contributed by atoms with Gasteiger partial charge in [0.15, 0.2) is 0 Å². The molecule has 0 unspecified atom stereocenters. The van der Waals surface area contributed by atoms with E-state index in [1.54, 1.807) is 12.1 Å². The largest absolute Gasteiger partial charge is 0.379 e. The first-order valence-corrected chi connectivity index (χ1v) is 10.8. The van der Waals surface area contributed by atoms with Gasteiger partial charge in [0.2, 0.25) is 10.0 Å². The molecule has 0 aromatic heterocycles. The predicted octanol–water partition coefficient (Wildman–Crippen LogP) is 2.82. The fraction of sp³-hybridized carbons (Fsp3) is 0.381. The van der Waals surface area contributed by atoms with E-state index in [0.29, 0.717) is 31.9 Å². The molecule has 1 aliphatic rings. The van der Waals surface area contributed by atoms with E-state index in [9.17, 15) is 13.2 Å². The second kappa shape index (κ2) is 8.43. The Kier molecular flexibility index (Phi) is 6.17. The molecule has 1 fully saturated rings. The van der Waals surface area contributed by atoms with Crippen LogP contribution in [0.4, 0.5) is 0 Å². The van der Waals surface area contributed by atoms with Gasteiger partial charge in [-0.05, 0) is 61.7 Å². The molecule has 1 aliphatic heterocycles. The Bertz CT molecular complexity index is 949. The molecule has 1 saturated heterocycles. The minimum Gasteiger partial charge on any atom is -0.379 e. The zero-order valence-corrected chi connectivity index (χ0v) is 17.3. The van der Waals surface area contributed by atoms with Crippen molar-refractivity contribution in [1.29, 1.82) is 0 Å². The van der Waals surface area contributed by atoms with Crippen molar-refractivity contribution in [3.05, 3.63) is 64.7 Å². The van der Waals surface area contributed by atoms with Gasteiger partial charge >= 0.3 is 0 Å². The van der Waals surface area contributed by atoms with Crippen molar-refractivity contribution in [2.45, 2.75) is 31.7 Å². The average Bonchev–Trinajstić information content (AvgIpc) is 2.70. The molecule has 0 aliphatic carbocycles. The van der Waals surface area contributed by atoms with Crippen LogP contribution in [0.2, 0.25) is 0 Å². The Hall–Kier alpha value is -2.22. The van der Waals surface area contributed by atoms with Gasteiger partial charge in [-0.2, -0.15) is 4.31 Å². The Labute approximate surface area is 166 Å². The lowest BCUT2D eigenvalue weighted by molar-refractivity contribution is 0.0730. The van der Waals surface area contributed by atoms with E-state index in [2.05, 4.69) is 18.3 Å². The highest BCUT2D eigenvalue weighted by molar-refractivity contribution is 7.89. The van der Waals surface area contributed by atoms with Gasteiger partial charge in [-0.25, -0.2) is 8.42 Å². The zero-order chi connectivity index (χ0) is 20.3. The molecule has 1 atom stereocenters. The third kappa shape index (κ3) is 4.43. The molecular weight excluding hydrogens is 376 g/mol. The van der Waals surface area contributed by atoms with Crippen molar-refractivity contribution < 1.29 is 17.9 Å². The number of morpholine rings is 1. The number of amides is 1. The molecule has 1 amide bonds. The molecule has 2 aromatic carbocycles. The molecule has 0 saturated carbocycles. The molecule has 6 nitrogen and oxygen atoms in total. The van der Waals surface area contributed by atoms with Crippen molar-refractivity contribution in [3.63, 3.8) is 0 Å². The fourth-order valence-corrected chi connectivity index (χ4v) is 4.52. The lowest BCUT2D eigenvalue weighted by atomic mass is 10.0. The number of hydrogen-bond donors (Lipinski definition) is 1. The first-order chi connectivity index (χ1) is 13.3. The Morgan fingerprint density at radius 3 is 2.29 bits per heavy atom. The van der Waals surface area contributed by atoms with E-state index >= 15 is 0 Å². The Balaban J connectivity index is 1.70. The van der Waals surface area contributed by atoms with Crippen molar-refractivity contribution in [2.24, 2.45) is 0 Å². The molecule has 150 valence electrons. The maximum absolute atomic E-state index is 12.7. The normalized spacial score (nSPS) is 16.5. The number of ether oxygens (including phenoxy) is 1. The van der Waals surface area contributed by atoms with E-state index in [-0.39, 0.29) is 16.8 Å². The van der Waals surface area contributed by atoms with Gasteiger partial charge in [0.05, 0.1) is 24.2 Å². The van der Waals surface area contributed by atoms with Crippen LogP contribution in [0.15, 0.2) is 47.4 Å². The summed E-state index contributed by atoms with van der Waals surface area (Å²) in [4.78, 5) is 12.7. The van der Waals surface area contributed by atoms with E-state index in [1.165, 1.54) is 27.6 Å². The highest BCUT2D eigenvalue weighted by Crippen LogP contribution is 2.20. The van der Waals surface area contributed by atoms with Crippen LogP contribution in [0.5, 0.6) is 0 Å².